The first-order valence-electron chi connectivity index (χ1n) is 8.08. The Morgan fingerprint density at radius 1 is 1.13 bits per heavy atom. The van der Waals surface area contributed by atoms with Crippen molar-refractivity contribution < 1.29 is 19.1 Å². The molecule has 126 valence electrons. The highest BCUT2D eigenvalue weighted by Crippen LogP contribution is 2.42. The summed E-state index contributed by atoms with van der Waals surface area (Å²) in [6, 6.07) is 9.69. The van der Waals surface area contributed by atoms with Crippen molar-refractivity contribution in [2.75, 3.05) is 27.3 Å². The molecule has 0 aliphatic carbocycles. The Balaban J connectivity index is 2.39. The van der Waals surface area contributed by atoms with Crippen molar-refractivity contribution in [3.63, 3.8) is 0 Å². The molecule has 0 N–H and O–H groups in total. The third kappa shape index (κ3) is 3.72. The lowest BCUT2D eigenvalue weighted by Gasteiger charge is -2.27. The van der Waals surface area contributed by atoms with Crippen molar-refractivity contribution >= 4 is 11.9 Å². The maximum atomic E-state index is 12.4. The molecule has 1 aliphatic rings. The number of ether oxygens (including phenoxy) is 2. The van der Waals surface area contributed by atoms with Gasteiger partial charge in [-0.1, -0.05) is 43.7 Å². The van der Waals surface area contributed by atoms with E-state index in [-0.39, 0.29) is 18.0 Å². The largest absolute Gasteiger partial charge is 0.469 e. The van der Waals surface area contributed by atoms with Crippen LogP contribution in [0.15, 0.2) is 30.3 Å². The van der Waals surface area contributed by atoms with Crippen molar-refractivity contribution in [1.82, 2.24) is 4.90 Å². The molecule has 0 aromatic heterocycles. The zero-order valence-corrected chi connectivity index (χ0v) is 14.0. The van der Waals surface area contributed by atoms with Gasteiger partial charge in [0.15, 0.2) is 0 Å². The van der Waals surface area contributed by atoms with Gasteiger partial charge in [-0.05, 0) is 18.5 Å². The molecular formula is C18H25NO4. The second-order valence-electron chi connectivity index (χ2n) is 5.88. The van der Waals surface area contributed by atoms with E-state index >= 15 is 0 Å². The molecule has 1 fully saturated rings. The lowest BCUT2D eigenvalue weighted by molar-refractivity contribution is -0.156. The first-order chi connectivity index (χ1) is 11.1. The minimum atomic E-state index is -0.535. The lowest BCUT2D eigenvalue weighted by atomic mass is 9.87. The van der Waals surface area contributed by atoms with Crippen molar-refractivity contribution in [3.8, 4) is 0 Å². The highest BCUT2D eigenvalue weighted by atomic mass is 16.5. The average Bonchev–Trinajstić information content (AvgIpc) is 2.98. The van der Waals surface area contributed by atoms with Gasteiger partial charge in [-0.25, -0.2) is 0 Å². The van der Waals surface area contributed by atoms with E-state index in [0.29, 0.717) is 6.54 Å². The zero-order chi connectivity index (χ0) is 16.8. The van der Waals surface area contributed by atoms with Gasteiger partial charge in [0, 0.05) is 12.6 Å². The van der Waals surface area contributed by atoms with E-state index in [1.807, 2.05) is 30.3 Å². The van der Waals surface area contributed by atoms with E-state index < -0.39 is 11.8 Å². The summed E-state index contributed by atoms with van der Waals surface area (Å²) in [6.07, 6.45) is 2.08. The molecule has 0 spiro atoms. The van der Waals surface area contributed by atoms with Crippen LogP contribution < -0.4 is 0 Å². The van der Waals surface area contributed by atoms with E-state index in [1.54, 1.807) is 0 Å². The maximum absolute atomic E-state index is 12.4. The summed E-state index contributed by atoms with van der Waals surface area (Å²) in [5.41, 5.74) is 1.03. The molecule has 3 atom stereocenters. The second-order valence-corrected chi connectivity index (χ2v) is 5.88. The molecule has 1 saturated heterocycles. The first-order valence-corrected chi connectivity index (χ1v) is 8.08. The Morgan fingerprint density at radius 2 is 1.78 bits per heavy atom. The minimum absolute atomic E-state index is 0.153. The fraction of sp³-hybridized carbons (Fsp3) is 0.556. The van der Waals surface area contributed by atoms with E-state index in [4.69, 9.17) is 9.47 Å². The molecule has 0 radical (unpaired) electrons. The van der Waals surface area contributed by atoms with Crippen LogP contribution in [-0.2, 0) is 19.1 Å². The number of carbonyl (C=O) groups excluding carboxylic acids is 2. The van der Waals surface area contributed by atoms with Crippen molar-refractivity contribution in [3.05, 3.63) is 35.9 Å². The average molecular weight is 319 g/mol. The first kappa shape index (κ1) is 17.5. The summed E-state index contributed by atoms with van der Waals surface area (Å²) in [7, 11) is 2.73. The van der Waals surface area contributed by atoms with Gasteiger partial charge in [-0.2, -0.15) is 0 Å². The Hall–Kier alpha value is -1.88. The molecule has 5 heteroatoms. The number of methoxy groups -OCH3 is 2. The van der Waals surface area contributed by atoms with Crippen LogP contribution in [0.3, 0.4) is 0 Å². The number of rotatable bonds is 6. The molecular weight excluding hydrogens is 294 g/mol. The van der Waals surface area contributed by atoms with Crippen LogP contribution in [0.5, 0.6) is 0 Å². The fourth-order valence-corrected chi connectivity index (χ4v) is 3.39. The van der Waals surface area contributed by atoms with Gasteiger partial charge < -0.3 is 9.47 Å². The summed E-state index contributed by atoms with van der Waals surface area (Å²) < 4.78 is 9.91. The number of nitrogens with zero attached hydrogens (tertiary/aromatic N) is 1. The smallest absolute Gasteiger partial charge is 0.311 e. The third-order valence-electron chi connectivity index (χ3n) is 4.52. The molecule has 0 unspecified atom stereocenters. The highest BCUT2D eigenvalue weighted by Gasteiger charge is 2.50. The van der Waals surface area contributed by atoms with Crippen LogP contribution in [0, 0.1) is 11.8 Å². The molecule has 0 bridgehead atoms. The summed E-state index contributed by atoms with van der Waals surface area (Å²) in [5, 5.41) is 0. The van der Waals surface area contributed by atoms with Crippen LogP contribution in [0.4, 0.5) is 0 Å². The summed E-state index contributed by atoms with van der Waals surface area (Å²) in [5.74, 6) is -1.73. The van der Waals surface area contributed by atoms with Crippen molar-refractivity contribution in [2.45, 2.75) is 25.8 Å². The Kier molecular flexibility index (Phi) is 6.16. The zero-order valence-electron chi connectivity index (χ0n) is 14.0. The topological polar surface area (TPSA) is 55.8 Å². The normalized spacial score (nSPS) is 24.4. The summed E-state index contributed by atoms with van der Waals surface area (Å²) in [4.78, 5) is 26.8. The second kappa shape index (κ2) is 8.11. The van der Waals surface area contributed by atoms with Crippen LogP contribution in [0.1, 0.15) is 31.4 Å². The third-order valence-corrected chi connectivity index (χ3v) is 4.52. The number of carbonyl (C=O) groups is 2. The molecule has 1 aliphatic heterocycles. The summed E-state index contributed by atoms with van der Waals surface area (Å²) in [6.45, 7) is 3.49. The molecule has 1 aromatic rings. The molecule has 2 rings (SSSR count). The number of likely N-dealkylation sites (tertiary alicyclic amines) is 1. The van der Waals surface area contributed by atoms with Gasteiger partial charge in [0.2, 0.25) is 0 Å². The molecule has 0 saturated carbocycles. The Morgan fingerprint density at radius 3 is 2.35 bits per heavy atom. The highest BCUT2D eigenvalue weighted by molar-refractivity contribution is 5.83. The quantitative estimate of drug-likeness (QED) is 0.754. The van der Waals surface area contributed by atoms with Gasteiger partial charge in [0.05, 0.1) is 26.1 Å². The fourth-order valence-electron chi connectivity index (χ4n) is 3.39. The van der Waals surface area contributed by atoms with E-state index in [9.17, 15) is 9.59 Å². The SMILES string of the molecule is CCCCN1C[C@H](C(=O)OC)[C@@H](C(=O)OC)[C@@H]1c1ccccc1. The van der Waals surface area contributed by atoms with Gasteiger partial charge >= 0.3 is 11.9 Å². The monoisotopic (exact) mass is 319 g/mol. The predicted octanol–water partition coefficient (Wildman–Crippen LogP) is 2.42. The van der Waals surface area contributed by atoms with Gasteiger partial charge in [-0.3, -0.25) is 14.5 Å². The van der Waals surface area contributed by atoms with Crippen LogP contribution >= 0.6 is 0 Å². The van der Waals surface area contributed by atoms with Crippen LogP contribution in [0.2, 0.25) is 0 Å². The number of hydrogen-bond acceptors (Lipinski definition) is 5. The van der Waals surface area contributed by atoms with Crippen LogP contribution in [0.25, 0.3) is 0 Å². The Labute approximate surface area is 137 Å². The van der Waals surface area contributed by atoms with E-state index in [1.165, 1.54) is 14.2 Å². The maximum Gasteiger partial charge on any atom is 0.311 e. The van der Waals surface area contributed by atoms with E-state index in [0.717, 1.165) is 24.9 Å². The number of benzene rings is 1. The number of unbranched alkanes of at least 4 members (excludes halogenated alkanes) is 1. The molecule has 1 heterocycles. The molecule has 5 nitrogen and oxygen atoms in total. The lowest BCUT2D eigenvalue weighted by Crippen LogP contribution is -2.32. The van der Waals surface area contributed by atoms with Crippen molar-refractivity contribution in [1.29, 1.82) is 0 Å². The summed E-state index contributed by atoms with van der Waals surface area (Å²) >= 11 is 0. The van der Waals surface area contributed by atoms with Gasteiger partial charge in [0.25, 0.3) is 0 Å². The standard InChI is InChI=1S/C18H25NO4/c1-4-5-11-19-12-14(17(20)22-2)15(18(21)23-3)16(19)13-9-7-6-8-10-13/h6-10,14-16H,4-5,11-12H2,1-3H3/t14-,15+,16-/m0/s1. The predicted molar refractivity (Wildman–Crippen MR) is 86.7 cm³/mol. The number of hydrogen-bond donors (Lipinski definition) is 0. The molecule has 1 aromatic carbocycles. The minimum Gasteiger partial charge on any atom is -0.469 e. The molecule has 23 heavy (non-hydrogen) atoms. The van der Waals surface area contributed by atoms with Crippen LogP contribution in [-0.4, -0.2) is 44.1 Å². The van der Waals surface area contributed by atoms with Gasteiger partial charge in [-0.15, -0.1) is 0 Å². The van der Waals surface area contributed by atoms with E-state index in [2.05, 4.69) is 11.8 Å². The Bertz CT molecular complexity index is 531. The van der Waals surface area contributed by atoms with Crippen molar-refractivity contribution in [2.24, 2.45) is 11.8 Å². The number of esters is 2. The van der Waals surface area contributed by atoms with Gasteiger partial charge in [0.1, 0.15) is 0 Å². The molecule has 0 amide bonds.